The summed E-state index contributed by atoms with van der Waals surface area (Å²) in [6.45, 7) is 0. The smallest absolute Gasteiger partial charge is 0.270 e. The quantitative estimate of drug-likeness (QED) is 0.289. The standard InChI is InChI=1S/C17H21FN6O/c18-12-5-7-13(8-6-12)21-16-14(17(25)22-20)10-24(23-16)15-4-2-1-3-11(15)9-19/h5-11,15,19H,1-4,20H2,(H,21,23)(H,22,25)/t11-,15-/m0/s1. The Hall–Kier alpha value is -2.74. The van der Waals surface area contributed by atoms with Gasteiger partial charge in [0.05, 0.1) is 6.04 Å². The number of carbonyl (C=O) groups is 1. The first kappa shape index (κ1) is 17.1. The molecule has 132 valence electrons. The molecule has 1 saturated carbocycles. The predicted molar refractivity (Wildman–Crippen MR) is 93.3 cm³/mol. The number of hydrazine groups is 1. The number of hydrogen-bond donors (Lipinski definition) is 4. The maximum atomic E-state index is 13.1. The number of halogens is 1. The van der Waals surface area contributed by atoms with Crippen molar-refractivity contribution < 1.29 is 9.18 Å². The topological polar surface area (TPSA) is 109 Å². The van der Waals surface area contributed by atoms with E-state index >= 15 is 0 Å². The Kier molecular flexibility index (Phi) is 5.08. The van der Waals surface area contributed by atoms with Crippen molar-refractivity contribution in [3.8, 4) is 0 Å². The fourth-order valence-corrected chi connectivity index (χ4v) is 3.23. The number of hydrogen-bond acceptors (Lipinski definition) is 5. The Morgan fingerprint density at radius 1 is 1.32 bits per heavy atom. The lowest BCUT2D eigenvalue weighted by Gasteiger charge is -2.28. The molecule has 1 aliphatic carbocycles. The molecule has 0 spiro atoms. The third-order valence-corrected chi connectivity index (χ3v) is 4.55. The first-order valence-corrected chi connectivity index (χ1v) is 8.25. The molecular formula is C17H21FN6O. The van der Waals surface area contributed by atoms with Crippen LogP contribution in [0.25, 0.3) is 0 Å². The van der Waals surface area contributed by atoms with E-state index in [0.717, 1.165) is 25.7 Å². The molecule has 25 heavy (non-hydrogen) atoms. The van der Waals surface area contributed by atoms with E-state index in [4.69, 9.17) is 11.3 Å². The van der Waals surface area contributed by atoms with Gasteiger partial charge in [-0.25, -0.2) is 10.2 Å². The number of nitrogen functional groups attached to an aromatic ring is 1. The third-order valence-electron chi connectivity index (χ3n) is 4.55. The molecule has 8 heteroatoms. The third kappa shape index (κ3) is 3.69. The molecule has 0 aliphatic heterocycles. The molecule has 0 saturated heterocycles. The summed E-state index contributed by atoms with van der Waals surface area (Å²) < 4.78 is 14.8. The van der Waals surface area contributed by atoms with Gasteiger partial charge in [0.25, 0.3) is 5.91 Å². The monoisotopic (exact) mass is 344 g/mol. The van der Waals surface area contributed by atoms with Crippen LogP contribution in [0.4, 0.5) is 15.9 Å². The van der Waals surface area contributed by atoms with Gasteiger partial charge in [-0.15, -0.1) is 0 Å². The summed E-state index contributed by atoms with van der Waals surface area (Å²) in [5.74, 6) is 4.93. The molecule has 1 aliphatic rings. The minimum absolute atomic E-state index is 0.0411. The second kappa shape index (κ2) is 7.43. The number of nitrogens with one attached hydrogen (secondary N) is 3. The fraction of sp³-hybridized carbons (Fsp3) is 0.353. The molecule has 2 atom stereocenters. The summed E-state index contributed by atoms with van der Waals surface area (Å²) in [5, 5.41) is 15.2. The van der Waals surface area contributed by atoms with Crippen LogP contribution >= 0.6 is 0 Å². The molecule has 1 heterocycles. The van der Waals surface area contributed by atoms with Crippen molar-refractivity contribution in [2.45, 2.75) is 31.7 Å². The van der Waals surface area contributed by atoms with Gasteiger partial charge < -0.3 is 10.7 Å². The number of amides is 1. The molecular weight excluding hydrogens is 323 g/mol. The number of benzene rings is 1. The zero-order valence-electron chi connectivity index (χ0n) is 13.7. The average Bonchev–Trinajstić information content (AvgIpc) is 3.06. The second-order valence-electron chi connectivity index (χ2n) is 6.16. The van der Waals surface area contributed by atoms with E-state index in [0.29, 0.717) is 17.1 Å². The van der Waals surface area contributed by atoms with Gasteiger partial charge in [0, 0.05) is 24.0 Å². The normalized spacial score (nSPS) is 20.1. The first-order valence-electron chi connectivity index (χ1n) is 8.25. The van der Waals surface area contributed by atoms with Gasteiger partial charge in [0.15, 0.2) is 5.82 Å². The summed E-state index contributed by atoms with van der Waals surface area (Å²) in [4.78, 5) is 12.1. The van der Waals surface area contributed by atoms with Crippen molar-refractivity contribution in [1.29, 1.82) is 5.41 Å². The SMILES string of the molecule is N=C[C@@H]1CCCC[C@@H]1n1cc(C(=O)NN)c(Nc2ccc(F)cc2)n1. The number of carbonyl (C=O) groups excluding carboxylic acids is 1. The van der Waals surface area contributed by atoms with Crippen LogP contribution in [-0.4, -0.2) is 21.9 Å². The van der Waals surface area contributed by atoms with E-state index in [2.05, 4.69) is 15.8 Å². The van der Waals surface area contributed by atoms with E-state index in [9.17, 15) is 9.18 Å². The molecule has 0 radical (unpaired) electrons. The van der Waals surface area contributed by atoms with E-state index in [1.807, 2.05) is 0 Å². The van der Waals surface area contributed by atoms with E-state index in [1.165, 1.54) is 18.3 Å². The fourth-order valence-electron chi connectivity index (χ4n) is 3.23. The van der Waals surface area contributed by atoms with Crippen LogP contribution in [0.3, 0.4) is 0 Å². The molecule has 2 aromatic rings. The molecule has 1 fully saturated rings. The average molecular weight is 344 g/mol. The van der Waals surface area contributed by atoms with Gasteiger partial charge >= 0.3 is 0 Å². The minimum atomic E-state index is -0.460. The molecule has 0 bridgehead atoms. The number of rotatable bonds is 5. The van der Waals surface area contributed by atoms with Crippen molar-refractivity contribution in [1.82, 2.24) is 15.2 Å². The van der Waals surface area contributed by atoms with Crippen LogP contribution in [0, 0.1) is 17.1 Å². The van der Waals surface area contributed by atoms with Gasteiger partial charge in [-0.05, 0) is 37.1 Å². The molecule has 1 amide bonds. The largest absolute Gasteiger partial charge is 0.338 e. The molecule has 3 rings (SSSR count). The number of nitrogens with zero attached hydrogens (tertiary/aromatic N) is 2. The minimum Gasteiger partial charge on any atom is -0.338 e. The highest BCUT2D eigenvalue weighted by Gasteiger charge is 2.28. The van der Waals surface area contributed by atoms with E-state index in [-0.39, 0.29) is 17.8 Å². The van der Waals surface area contributed by atoms with Gasteiger partial charge in [-0.3, -0.25) is 14.9 Å². The Labute approximate surface area is 144 Å². The van der Waals surface area contributed by atoms with Crippen LogP contribution in [0.1, 0.15) is 42.1 Å². The lowest BCUT2D eigenvalue weighted by Crippen LogP contribution is -2.30. The highest BCUT2D eigenvalue weighted by molar-refractivity contribution is 5.98. The number of aromatic nitrogens is 2. The maximum absolute atomic E-state index is 13.1. The van der Waals surface area contributed by atoms with Gasteiger partial charge in [-0.1, -0.05) is 12.8 Å². The predicted octanol–water partition coefficient (Wildman–Crippen LogP) is 2.75. The van der Waals surface area contributed by atoms with Crippen molar-refractivity contribution >= 4 is 23.6 Å². The highest BCUT2D eigenvalue weighted by atomic mass is 19.1. The molecule has 0 unspecified atom stereocenters. The molecule has 5 N–H and O–H groups in total. The number of nitrogens with two attached hydrogens (primary N) is 1. The zero-order chi connectivity index (χ0) is 17.8. The second-order valence-corrected chi connectivity index (χ2v) is 6.16. The van der Waals surface area contributed by atoms with Crippen molar-refractivity contribution in [3.05, 3.63) is 41.8 Å². The van der Waals surface area contributed by atoms with Crippen LogP contribution in [0.5, 0.6) is 0 Å². The number of anilines is 2. The van der Waals surface area contributed by atoms with E-state index in [1.54, 1.807) is 23.0 Å². The van der Waals surface area contributed by atoms with Gasteiger partial charge in [-0.2, -0.15) is 5.10 Å². The van der Waals surface area contributed by atoms with Crippen LogP contribution < -0.4 is 16.6 Å². The summed E-state index contributed by atoms with van der Waals surface area (Å²) in [5.41, 5.74) is 3.04. The molecule has 1 aromatic carbocycles. The van der Waals surface area contributed by atoms with Crippen LogP contribution in [0.2, 0.25) is 0 Å². The first-order chi connectivity index (χ1) is 12.1. The van der Waals surface area contributed by atoms with Crippen molar-refractivity contribution in [2.75, 3.05) is 5.32 Å². The van der Waals surface area contributed by atoms with Crippen molar-refractivity contribution in [3.63, 3.8) is 0 Å². The Morgan fingerprint density at radius 2 is 2.04 bits per heavy atom. The summed E-state index contributed by atoms with van der Waals surface area (Å²) >= 11 is 0. The van der Waals surface area contributed by atoms with Crippen LogP contribution in [0.15, 0.2) is 30.5 Å². The van der Waals surface area contributed by atoms with Gasteiger partial charge in [0.2, 0.25) is 0 Å². The lowest BCUT2D eigenvalue weighted by molar-refractivity contribution is 0.0954. The van der Waals surface area contributed by atoms with Crippen LogP contribution in [-0.2, 0) is 0 Å². The molecule has 7 nitrogen and oxygen atoms in total. The summed E-state index contributed by atoms with van der Waals surface area (Å²) in [6.07, 6.45) is 7.11. The molecule has 1 aromatic heterocycles. The van der Waals surface area contributed by atoms with Crippen molar-refractivity contribution in [2.24, 2.45) is 11.8 Å². The van der Waals surface area contributed by atoms with Gasteiger partial charge in [0.1, 0.15) is 11.4 Å². The Morgan fingerprint density at radius 3 is 2.72 bits per heavy atom. The summed E-state index contributed by atoms with van der Waals surface area (Å²) in [7, 11) is 0. The highest BCUT2D eigenvalue weighted by Crippen LogP contribution is 2.33. The Balaban J connectivity index is 1.93. The van der Waals surface area contributed by atoms with E-state index < -0.39 is 5.91 Å². The lowest BCUT2D eigenvalue weighted by atomic mass is 9.85. The maximum Gasteiger partial charge on any atom is 0.270 e. The Bertz CT molecular complexity index is 757. The zero-order valence-corrected chi connectivity index (χ0v) is 13.7. The summed E-state index contributed by atoms with van der Waals surface area (Å²) in [6, 6.07) is 5.83.